The van der Waals surface area contributed by atoms with Crippen LogP contribution in [0, 0.1) is 0 Å². The number of methoxy groups -OCH3 is 2. The van der Waals surface area contributed by atoms with E-state index < -0.39 is 5.60 Å². The van der Waals surface area contributed by atoms with Gasteiger partial charge < -0.3 is 19.9 Å². The van der Waals surface area contributed by atoms with E-state index in [0.29, 0.717) is 19.7 Å². The summed E-state index contributed by atoms with van der Waals surface area (Å²) in [5.74, 6) is 0. The number of hydrogen-bond acceptors (Lipinski definition) is 4. The van der Waals surface area contributed by atoms with Gasteiger partial charge in [0.1, 0.15) is 0 Å². The second-order valence-corrected chi connectivity index (χ2v) is 3.76. The molecule has 0 fully saturated rings. The summed E-state index contributed by atoms with van der Waals surface area (Å²) in [6.07, 6.45) is 0.0485. The largest absolute Gasteiger partial charge is 0.389 e. The molecule has 0 rings (SSSR count). The van der Waals surface area contributed by atoms with Crippen LogP contribution in [0.4, 0.5) is 0 Å². The fraction of sp³-hybridized carbons (Fsp3) is 1.00. The van der Waals surface area contributed by atoms with Gasteiger partial charge in [-0.15, -0.1) is 0 Å². The molecule has 0 radical (unpaired) electrons. The normalized spacial score (nSPS) is 14.5. The van der Waals surface area contributed by atoms with Crippen LogP contribution in [0.2, 0.25) is 0 Å². The van der Waals surface area contributed by atoms with Crippen molar-refractivity contribution < 1.29 is 14.6 Å². The van der Waals surface area contributed by atoms with Gasteiger partial charge >= 0.3 is 0 Å². The molecule has 1 unspecified atom stereocenters. The molecule has 0 aromatic carbocycles. The average molecular weight is 191 g/mol. The SMILES string of the molecule is COCC(CNCC(C)(C)O)OC. The van der Waals surface area contributed by atoms with E-state index in [1.165, 1.54) is 0 Å². The topological polar surface area (TPSA) is 50.7 Å². The van der Waals surface area contributed by atoms with Crippen LogP contribution in [-0.4, -0.2) is 50.7 Å². The first-order valence-corrected chi connectivity index (χ1v) is 4.44. The Hall–Kier alpha value is -0.160. The highest BCUT2D eigenvalue weighted by molar-refractivity contribution is 4.70. The molecule has 0 aromatic heterocycles. The average Bonchev–Trinajstić information content (AvgIpc) is 2.01. The van der Waals surface area contributed by atoms with Crippen LogP contribution in [0.1, 0.15) is 13.8 Å². The zero-order chi connectivity index (χ0) is 10.3. The molecule has 0 amide bonds. The molecule has 1 atom stereocenters. The molecule has 2 N–H and O–H groups in total. The highest BCUT2D eigenvalue weighted by Crippen LogP contribution is 1.97. The summed E-state index contributed by atoms with van der Waals surface area (Å²) in [6, 6.07) is 0. The van der Waals surface area contributed by atoms with Crippen LogP contribution < -0.4 is 5.32 Å². The van der Waals surface area contributed by atoms with Gasteiger partial charge in [-0.25, -0.2) is 0 Å². The third kappa shape index (κ3) is 8.18. The number of rotatable bonds is 7. The number of hydrogen-bond donors (Lipinski definition) is 2. The fourth-order valence-corrected chi connectivity index (χ4v) is 0.935. The second-order valence-electron chi connectivity index (χ2n) is 3.76. The summed E-state index contributed by atoms with van der Waals surface area (Å²) in [7, 11) is 3.29. The van der Waals surface area contributed by atoms with E-state index in [9.17, 15) is 5.11 Å². The van der Waals surface area contributed by atoms with Gasteiger partial charge in [0.15, 0.2) is 0 Å². The molecule has 0 aliphatic carbocycles. The Morgan fingerprint density at radius 2 is 2.00 bits per heavy atom. The molecule has 0 spiro atoms. The van der Waals surface area contributed by atoms with Crippen molar-refractivity contribution in [2.24, 2.45) is 0 Å². The second kappa shape index (κ2) is 6.32. The number of aliphatic hydroxyl groups is 1. The molecule has 0 saturated carbocycles. The Kier molecular flexibility index (Phi) is 6.24. The smallest absolute Gasteiger partial charge is 0.0928 e. The molecule has 13 heavy (non-hydrogen) atoms. The lowest BCUT2D eigenvalue weighted by Crippen LogP contribution is -2.40. The zero-order valence-corrected chi connectivity index (χ0v) is 8.96. The maximum atomic E-state index is 9.40. The van der Waals surface area contributed by atoms with Gasteiger partial charge in [-0.1, -0.05) is 0 Å². The minimum Gasteiger partial charge on any atom is -0.389 e. The summed E-state index contributed by atoms with van der Waals surface area (Å²) >= 11 is 0. The van der Waals surface area contributed by atoms with Gasteiger partial charge in [0, 0.05) is 27.3 Å². The monoisotopic (exact) mass is 191 g/mol. The summed E-state index contributed by atoms with van der Waals surface area (Å²) in [6.45, 7) is 5.33. The van der Waals surface area contributed by atoms with E-state index >= 15 is 0 Å². The molecule has 80 valence electrons. The Morgan fingerprint density at radius 1 is 1.38 bits per heavy atom. The summed E-state index contributed by atoms with van der Waals surface area (Å²) in [4.78, 5) is 0. The summed E-state index contributed by atoms with van der Waals surface area (Å²) in [5, 5.41) is 12.5. The van der Waals surface area contributed by atoms with Gasteiger partial charge in [0.25, 0.3) is 0 Å². The van der Waals surface area contributed by atoms with Gasteiger partial charge in [0.05, 0.1) is 18.3 Å². The first kappa shape index (κ1) is 12.8. The molecule has 0 bridgehead atoms. The molecule has 0 aromatic rings. The zero-order valence-electron chi connectivity index (χ0n) is 8.96. The van der Waals surface area contributed by atoms with Crippen molar-refractivity contribution in [3.05, 3.63) is 0 Å². The molecular weight excluding hydrogens is 170 g/mol. The minimum atomic E-state index is -0.675. The molecule has 0 heterocycles. The first-order chi connectivity index (χ1) is 5.99. The summed E-state index contributed by atoms with van der Waals surface area (Å²) < 4.78 is 10.1. The third-order valence-electron chi connectivity index (χ3n) is 1.62. The van der Waals surface area contributed by atoms with Crippen LogP contribution in [0.15, 0.2) is 0 Å². The molecule has 0 saturated heterocycles. The van der Waals surface area contributed by atoms with Gasteiger partial charge in [-0.2, -0.15) is 0 Å². The van der Waals surface area contributed by atoms with Crippen LogP contribution in [-0.2, 0) is 9.47 Å². The quantitative estimate of drug-likeness (QED) is 0.595. The maximum Gasteiger partial charge on any atom is 0.0928 e. The van der Waals surface area contributed by atoms with Crippen LogP contribution in [0.25, 0.3) is 0 Å². The Bertz CT molecular complexity index is 123. The van der Waals surface area contributed by atoms with E-state index in [4.69, 9.17) is 9.47 Å². The van der Waals surface area contributed by atoms with E-state index in [1.807, 2.05) is 0 Å². The van der Waals surface area contributed by atoms with Gasteiger partial charge in [0.2, 0.25) is 0 Å². The predicted octanol–water partition coefficient (Wildman–Crippen LogP) is 0.00830. The van der Waals surface area contributed by atoms with Crippen molar-refractivity contribution in [1.29, 1.82) is 0 Å². The van der Waals surface area contributed by atoms with Crippen LogP contribution in [0.5, 0.6) is 0 Å². The molecule has 0 aliphatic heterocycles. The predicted molar refractivity (Wildman–Crippen MR) is 51.8 cm³/mol. The lowest BCUT2D eigenvalue weighted by atomic mass is 10.1. The van der Waals surface area contributed by atoms with Crippen molar-refractivity contribution in [1.82, 2.24) is 5.32 Å². The standard InChI is InChI=1S/C9H21NO3/c1-9(2,11)7-10-5-8(13-4)6-12-3/h8,10-11H,5-7H2,1-4H3. The van der Waals surface area contributed by atoms with Crippen molar-refractivity contribution in [2.45, 2.75) is 25.6 Å². The molecular formula is C9H21NO3. The van der Waals surface area contributed by atoms with Gasteiger partial charge in [-0.3, -0.25) is 0 Å². The Labute approximate surface area is 80.2 Å². The lowest BCUT2D eigenvalue weighted by Gasteiger charge is -2.20. The Balaban J connectivity index is 3.49. The van der Waals surface area contributed by atoms with E-state index in [2.05, 4.69) is 5.32 Å². The molecule has 4 heteroatoms. The number of ether oxygens (including phenoxy) is 2. The Morgan fingerprint density at radius 3 is 2.38 bits per heavy atom. The van der Waals surface area contributed by atoms with Crippen molar-refractivity contribution >= 4 is 0 Å². The highest BCUT2D eigenvalue weighted by atomic mass is 16.5. The molecule has 4 nitrogen and oxygen atoms in total. The minimum absolute atomic E-state index is 0.0485. The fourth-order valence-electron chi connectivity index (χ4n) is 0.935. The van der Waals surface area contributed by atoms with Crippen molar-refractivity contribution in [3.8, 4) is 0 Å². The summed E-state index contributed by atoms with van der Waals surface area (Å²) in [5.41, 5.74) is -0.675. The van der Waals surface area contributed by atoms with E-state index in [0.717, 1.165) is 0 Å². The van der Waals surface area contributed by atoms with E-state index in [1.54, 1.807) is 28.1 Å². The highest BCUT2D eigenvalue weighted by Gasteiger charge is 2.13. The number of nitrogens with one attached hydrogen (secondary N) is 1. The molecule has 0 aliphatic rings. The van der Waals surface area contributed by atoms with E-state index in [-0.39, 0.29) is 6.10 Å². The van der Waals surface area contributed by atoms with Gasteiger partial charge in [-0.05, 0) is 13.8 Å². The third-order valence-corrected chi connectivity index (χ3v) is 1.62. The maximum absolute atomic E-state index is 9.40. The lowest BCUT2D eigenvalue weighted by molar-refractivity contribution is 0.0222. The van der Waals surface area contributed by atoms with Crippen LogP contribution >= 0.6 is 0 Å². The van der Waals surface area contributed by atoms with Crippen molar-refractivity contribution in [2.75, 3.05) is 33.9 Å². The van der Waals surface area contributed by atoms with Crippen molar-refractivity contribution in [3.63, 3.8) is 0 Å². The van der Waals surface area contributed by atoms with Crippen LogP contribution in [0.3, 0.4) is 0 Å². The first-order valence-electron chi connectivity index (χ1n) is 4.44.